The average Bonchev–Trinajstić information content (AvgIpc) is 2.17. The van der Waals surface area contributed by atoms with Gasteiger partial charge in [-0.2, -0.15) is 5.26 Å². The molecule has 0 fully saturated rings. The Hall–Kier alpha value is -1.60. The minimum atomic E-state index is -0.578. The molecule has 3 nitrogen and oxygen atoms in total. The van der Waals surface area contributed by atoms with Gasteiger partial charge in [-0.3, -0.25) is 0 Å². The lowest BCUT2D eigenvalue weighted by atomic mass is 10.0. The third-order valence-corrected chi connectivity index (χ3v) is 1.92. The van der Waals surface area contributed by atoms with E-state index in [1.807, 2.05) is 6.07 Å². The van der Waals surface area contributed by atoms with Gasteiger partial charge in [-0.05, 0) is 6.07 Å². The van der Waals surface area contributed by atoms with Crippen LogP contribution in [0, 0.1) is 17.1 Å². The van der Waals surface area contributed by atoms with Crippen LogP contribution in [0.15, 0.2) is 18.2 Å². The van der Waals surface area contributed by atoms with Crippen molar-refractivity contribution in [3.8, 4) is 11.8 Å². The van der Waals surface area contributed by atoms with E-state index in [1.165, 1.54) is 19.2 Å². The lowest BCUT2D eigenvalue weighted by Crippen LogP contribution is -2.11. The molecule has 2 N–H and O–H groups in total. The maximum atomic E-state index is 13.3. The molecule has 0 radical (unpaired) electrons. The summed E-state index contributed by atoms with van der Waals surface area (Å²) in [6, 6.07) is 5.74. The first kappa shape index (κ1) is 10.5. The van der Waals surface area contributed by atoms with Gasteiger partial charge < -0.3 is 10.5 Å². The highest BCUT2D eigenvalue weighted by molar-refractivity contribution is 5.31. The SMILES string of the molecule is COc1ccc(C(N)CC#N)c(F)c1. The number of benzene rings is 1. The molecule has 1 aromatic carbocycles. The highest BCUT2D eigenvalue weighted by atomic mass is 19.1. The van der Waals surface area contributed by atoms with Crippen LogP contribution < -0.4 is 10.5 Å². The zero-order chi connectivity index (χ0) is 10.6. The smallest absolute Gasteiger partial charge is 0.131 e. The summed E-state index contributed by atoms with van der Waals surface area (Å²) in [6.07, 6.45) is 0.100. The van der Waals surface area contributed by atoms with E-state index in [9.17, 15) is 4.39 Å². The molecule has 1 atom stereocenters. The molecule has 0 heterocycles. The largest absolute Gasteiger partial charge is 0.497 e. The minimum absolute atomic E-state index is 0.100. The Balaban J connectivity index is 2.94. The third-order valence-electron chi connectivity index (χ3n) is 1.92. The second-order valence-electron chi connectivity index (χ2n) is 2.86. The quantitative estimate of drug-likeness (QED) is 0.797. The molecule has 0 bridgehead atoms. The molecule has 0 saturated carbocycles. The normalized spacial score (nSPS) is 11.9. The number of hydrogen-bond acceptors (Lipinski definition) is 3. The molecule has 1 unspecified atom stereocenters. The maximum absolute atomic E-state index is 13.3. The molecule has 0 aliphatic heterocycles. The van der Waals surface area contributed by atoms with E-state index < -0.39 is 11.9 Å². The van der Waals surface area contributed by atoms with Gasteiger partial charge in [0.1, 0.15) is 11.6 Å². The fourth-order valence-electron chi connectivity index (χ4n) is 1.14. The molecule has 1 aromatic rings. The predicted octanol–water partition coefficient (Wildman–Crippen LogP) is 1.75. The van der Waals surface area contributed by atoms with E-state index in [0.717, 1.165) is 0 Å². The van der Waals surface area contributed by atoms with Gasteiger partial charge in [-0.25, -0.2) is 4.39 Å². The van der Waals surface area contributed by atoms with E-state index in [-0.39, 0.29) is 6.42 Å². The van der Waals surface area contributed by atoms with Gasteiger partial charge in [-0.15, -0.1) is 0 Å². The number of ether oxygens (including phenoxy) is 1. The van der Waals surface area contributed by atoms with E-state index in [4.69, 9.17) is 15.7 Å². The number of hydrogen-bond donors (Lipinski definition) is 1. The average molecular weight is 194 g/mol. The molecule has 0 amide bonds. The summed E-state index contributed by atoms with van der Waals surface area (Å²) >= 11 is 0. The molecule has 0 spiro atoms. The highest BCUT2D eigenvalue weighted by Crippen LogP contribution is 2.21. The van der Waals surface area contributed by atoms with Crippen LogP contribution in [0.3, 0.4) is 0 Å². The Bertz CT molecular complexity index is 360. The van der Waals surface area contributed by atoms with Crippen molar-refractivity contribution in [3.05, 3.63) is 29.6 Å². The Labute approximate surface area is 81.9 Å². The number of rotatable bonds is 3. The summed E-state index contributed by atoms with van der Waals surface area (Å²) in [5.41, 5.74) is 5.93. The first-order chi connectivity index (χ1) is 6.69. The third kappa shape index (κ3) is 2.21. The van der Waals surface area contributed by atoms with Crippen molar-refractivity contribution >= 4 is 0 Å². The van der Waals surface area contributed by atoms with E-state index in [0.29, 0.717) is 11.3 Å². The molecule has 0 aliphatic carbocycles. The summed E-state index contributed by atoms with van der Waals surface area (Å²) < 4.78 is 18.2. The Morgan fingerprint density at radius 1 is 1.64 bits per heavy atom. The zero-order valence-electron chi connectivity index (χ0n) is 7.83. The highest BCUT2D eigenvalue weighted by Gasteiger charge is 2.11. The van der Waals surface area contributed by atoms with Gasteiger partial charge in [0.25, 0.3) is 0 Å². The minimum Gasteiger partial charge on any atom is -0.497 e. The van der Waals surface area contributed by atoms with Crippen molar-refractivity contribution in [2.24, 2.45) is 5.73 Å². The van der Waals surface area contributed by atoms with E-state index in [2.05, 4.69) is 0 Å². The van der Waals surface area contributed by atoms with Crippen molar-refractivity contribution < 1.29 is 9.13 Å². The van der Waals surface area contributed by atoms with Crippen LogP contribution in [0.5, 0.6) is 5.75 Å². The van der Waals surface area contributed by atoms with Crippen LogP contribution in [-0.4, -0.2) is 7.11 Å². The lowest BCUT2D eigenvalue weighted by Gasteiger charge is -2.09. The van der Waals surface area contributed by atoms with Crippen LogP contribution >= 0.6 is 0 Å². The molecule has 74 valence electrons. The summed E-state index contributed by atoms with van der Waals surface area (Å²) in [4.78, 5) is 0. The number of methoxy groups -OCH3 is 1. The topological polar surface area (TPSA) is 59.0 Å². The van der Waals surface area contributed by atoms with Crippen molar-refractivity contribution in [2.45, 2.75) is 12.5 Å². The van der Waals surface area contributed by atoms with Crippen molar-refractivity contribution in [1.82, 2.24) is 0 Å². The van der Waals surface area contributed by atoms with E-state index >= 15 is 0 Å². The molecular formula is C10H11FN2O. The molecule has 4 heteroatoms. The van der Waals surface area contributed by atoms with Gasteiger partial charge in [0, 0.05) is 17.7 Å². The second kappa shape index (κ2) is 4.58. The summed E-state index contributed by atoms with van der Waals surface area (Å²) in [5, 5.41) is 8.41. The summed E-state index contributed by atoms with van der Waals surface area (Å²) in [7, 11) is 1.46. The predicted molar refractivity (Wildman–Crippen MR) is 50.1 cm³/mol. The Morgan fingerprint density at radius 2 is 2.36 bits per heavy atom. The first-order valence-electron chi connectivity index (χ1n) is 4.15. The molecular weight excluding hydrogens is 183 g/mol. The van der Waals surface area contributed by atoms with Gasteiger partial charge >= 0.3 is 0 Å². The van der Waals surface area contributed by atoms with E-state index in [1.54, 1.807) is 6.07 Å². The van der Waals surface area contributed by atoms with Crippen LogP contribution in [-0.2, 0) is 0 Å². The number of nitrogens with two attached hydrogens (primary N) is 1. The monoisotopic (exact) mass is 194 g/mol. The fourth-order valence-corrected chi connectivity index (χ4v) is 1.14. The summed E-state index contributed by atoms with van der Waals surface area (Å²) in [6.45, 7) is 0. The summed E-state index contributed by atoms with van der Waals surface area (Å²) in [5.74, 6) is 0.00232. The number of nitrogens with zero attached hydrogens (tertiary/aromatic N) is 1. The van der Waals surface area contributed by atoms with Crippen LogP contribution in [0.2, 0.25) is 0 Å². The number of halogens is 1. The second-order valence-corrected chi connectivity index (χ2v) is 2.86. The van der Waals surface area contributed by atoms with Gasteiger partial charge in [0.15, 0.2) is 0 Å². The van der Waals surface area contributed by atoms with Crippen LogP contribution in [0.1, 0.15) is 18.0 Å². The fraction of sp³-hybridized carbons (Fsp3) is 0.300. The standard InChI is InChI=1S/C10H11FN2O/c1-14-7-2-3-8(9(11)6-7)10(13)4-5-12/h2-3,6,10H,4,13H2,1H3. The molecule has 0 aliphatic rings. The Kier molecular flexibility index (Phi) is 3.43. The molecule has 14 heavy (non-hydrogen) atoms. The Morgan fingerprint density at radius 3 is 2.86 bits per heavy atom. The maximum Gasteiger partial charge on any atom is 0.131 e. The van der Waals surface area contributed by atoms with Gasteiger partial charge in [-0.1, -0.05) is 6.07 Å². The van der Waals surface area contributed by atoms with Crippen molar-refractivity contribution in [3.63, 3.8) is 0 Å². The molecule has 0 aromatic heterocycles. The van der Waals surface area contributed by atoms with Crippen molar-refractivity contribution in [1.29, 1.82) is 5.26 Å². The molecule has 1 rings (SSSR count). The van der Waals surface area contributed by atoms with Crippen LogP contribution in [0.25, 0.3) is 0 Å². The first-order valence-corrected chi connectivity index (χ1v) is 4.15. The molecule has 0 saturated heterocycles. The van der Waals surface area contributed by atoms with Gasteiger partial charge in [0.2, 0.25) is 0 Å². The van der Waals surface area contributed by atoms with Crippen molar-refractivity contribution in [2.75, 3.05) is 7.11 Å². The number of nitriles is 1. The lowest BCUT2D eigenvalue weighted by molar-refractivity contribution is 0.410. The van der Waals surface area contributed by atoms with Gasteiger partial charge in [0.05, 0.1) is 19.6 Å². The van der Waals surface area contributed by atoms with Crippen LogP contribution in [0.4, 0.5) is 4.39 Å². The zero-order valence-corrected chi connectivity index (χ0v) is 7.83.